The van der Waals surface area contributed by atoms with Gasteiger partial charge in [0.2, 0.25) is 0 Å². The van der Waals surface area contributed by atoms with E-state index in [0.717, 1.165) is 23.9 Å². The number of carbonyl (C=O) groups is 1. The molecule has 0 N–H and O–H groups in total. The van der Waals surface area contributed by atoms with Crippen LogP contribution in [0.1, 0.15) is 64.2 Å². The molecule has 2 aliphatic rings. The van der Waals surface area contributed by atoms with Gasteiger partial charge in [0.1, 0.15) is 0 Å². The fourth-order valence-corrected chi connectivity index (χ4v) is 12.2. The van der Waals surface area contributed by atoms with E-state index in [1.54, 1.807) is 4.57 Å². The van der Waals surface area contributed by atoms with E-state index in [0.29, 0.717) is 0 Å². The lowest BCUT2D eigenvalue weighted by Gasteiger charge is -2.41. The van der Waals surface area contributed by atoms with Gasteiger partial charge in [0, 0.05) is 18.7 Å². The number of aromatic nitrogens is 1. The molecule has 2 aliphatic carbocycles. The summed E-state index contributed by atoms with van der Waals surface area (Å²) in [5.41, 5.74) is 1.66. The van der Waals surface area contributed by atoms with E-state index in [-0.39, 0.29) is 14.0 Å². The summed E-state index contributed by atoms with van der Waals surface area (Å²) in [5.74, 6) is 0. The van der Waals surface area contributed by atoms with Crippen LogP contribution in [0.15, 0.2) is 85.2 Å². The zero-order valence-corrected chi connectivity index (χ0v) is 23.2. The molecule has 2 aromatic carbocycles. The zero-order chi connectivity index (χ0) is 24.6. The number of carbonyl (C=O) groups excluding carboxylic acids is 1. The lowest BCUT2D eigenvalue weighted by molar-refractivity contribution is 0.214. The predicted octanol–water partition coefficient (Wildman–Crippen LogP) is 7.95. The average molecular weight is 519 g/mol. The lowest BCUT2D eigenvalue weighted by atomic mass is 9.99. The molecule has 5 heteroatoms. The van der Waals surface area contributed by atoms with Gasteiger partial charge in [-0.15, -0.1) is 0 Å². The Morgan fingerprint density at radius 2 is 1.14 bits per heavy atom. The monoisotopic (exact) mass is 518 g/mol. The van der Waals surface area contributed by atoms with Crippen molar-refractivity contribution in [3.05, 3.63) is 85.2 Å². The summed E-state index contributed by atoms with van der Waals surface area (Å²) >= 11 is 0. The van der Waals surface area contributed by atoms with E-state index in [4.69, 9.17) is 0 Å². The lowest BCUT2D eigenvalue weighted by Crippen LogP contribution is -2.39. The molecular weight excluding hydrogens is 478 g/mol. The number of nitrogens with zero attached hydrogens (tertiary/aromatic N) is 2. The molecule has 2 saturated carbocycles. The van der Waals surface area contributed by atoms with Crippen LogP contribution in [0.2, 0.25) is 0 Å². The van der Waals surface area contributed by atoms with E-state index in [9.17, 15) is 4.79 Å². The van der Waals surface area contributed by atoms with E-state index in [1.165, 1.54) is 74.8 Å². The smallest absolute Gasteiger partial charge is 0.315 e. The number of benzene rings is 2. The van der Waals surface area contributed by atoms with Gasteiger partial charge in [0.25, 0.3) is 0 Å². The van der Waals surface area contributed by atoms with Gasteiger partial charge in [-0.2, -0.15) is 0 Å². The second-order valence-electron chi connectivity index (χ2n) is 10.4. The minimum Gasteiger partial charge on any atom is -0.315 e. The van der Waals surface area contributed by atoms with Gasteiger partial charge in [0.05, 0.1) is 6.29 Å². The molecule has 5 rings (SSSR count). The van der Waals surface area contributed by atoms with E-state index in [1.807, 2.05) is 24.5 Å². The summed E-state index contributed by atoms with van der Waals surface area (Å²) in [6.07, 6.45) is 19.4. The maximum absolute atomic E-state index is 14.0. The van der Waals surface area contributed by atoms with Crippen LogP contribution in [0.3, 0.4) is 0 Å². The summed E-state index contributed by atoms with van der Waals surface area (Å²) in [4.78, 5) is 16.3. The van der Waals surface area contributed by atoms with Crippen LogP contribution in [0.4, 0.5) is 4.79 Å². The molecule has 3 nitrogen and oxygen atoms in total. The third-order valence-electron chi connectivity index (χ3n) is 7.97. The number of hydrogen-bond acceptors (Lipinski definition) is 1. The molecule has 2 fully saturated rings. The normalized spacial score (nSPS) is 17.5. The Morgan fingerprint density at radius 1 is 0.667 bits per heavy atom. The van der Waals surface area contributed by atoms with Crippen LogP contribution in [-0.2, 0) is 0 Å². The summed E-state index contributed by atoms with van der Waals surface area (Å²) in [7, 11) is -0.873. The van der Waals surface area contributed by atoms with Crippen molar-refractivity contribution in [2.24, 2.45) is 0 Å². The number of hydrogen-bond donors (Lipinski definition) is 0. The molecule has 1 heterocycles. The maximum atomic E-state index is 14.0. The Balaban J connectivity index is 1.47. The van der Waals surface area contributed by atoms with E-state index < -0.39 is 7.92 Å². The highest BCUT2D eigenvalue weighted by Crippen LogP contribution is 2.56. The van der Waals surface area contributed by atoms with Crippen molar-refractivity contribution in [3.8, 4) is 0 Å². The SMILES string of the molecule is O=C(N(CP(c1ccccc1)c1ccccc1)CP(C1CCCCC1)C1CCCCC1)n1cccc1. The Labute approximate surface area is 219 Å². The van der Waals surface area contributed by atoms with Crippen LogP contribution in [-0.4, -0.2) is 39.4 Å². The van der Waals surface area contributed by atoms with Crippen molar-refractivity contribution in [2.45, 2.75) is 75.5 Å². The van der Waals surface area contributed by atoms with Crippen molar-refractivity contribution in [2.75, 3.05) is 12.6 Å². The zero-order valence-electron chi connectivity index (χ0n) is 21.4. The van der Waals surface area contributed by atoms with Crippen molar-refractivity contribution >= 4 is 32.5 Å². The van der Waals surface area contributed by atoms with Crippen molar-refractivity contribution in [3.63, 3.8) is 0 Å². The molecule has 1 amide bonds. The fraction of sp³-hybridized carbons (Fsp3) is 0.452. The molecule has 3 aromatic rings. The minimum absolute atomic E-state index is 0.151. The summed E-state index contributed by atoms with van der Waals surface area (Å²) in [6, 6.07) is 25.9. The quantitative estimate of drug-likeness (QED) is 0.278. The molecular formula is C31H40N2OP2. The standard InChI is InChI=1S/C31H40N2OP2/c34-31(32-23-13-14-24-32)33(25-35(27-15-5-1-6-16-27)28-17-7-2-8-18-28)26-36(29-19-9-3-10-20-29)30-21-11-4-12-22-30/h1-2,5-8,13-18,23-24,29-30H,3-4,9-12,19-22,25-26H2. The molecule has 0 spiro atoms. The molecule has 0 saturated heterocycles. The van der Waals surface area contributed by atoms with Gasteiger partial charge in [-0.25, -0.2) is 4.79 Å². The minimum atomic E-state index is -0.662. The highest BCUT2D eigenvalue weighted by Gasteiger charge is 2.34. The Hall–Kier alpha value is -1.95. The van der Waals surface area contributed by atoms with Gasteiger partial charge in [0.15, 0.2) is 0 Å². The van der Waals surface area contributed by atoms with Gasteiger partial charge >= 0.3 is 6.03 Å². The first-order valence-electron chi connectivity index (χ1n) is 13.9. The topological polar surface area (TPSA) is 25.2 Å². The third-order valence-corrected chi connectivity index (χ3v) is 14.0. The first-order chi connectivity index (χ1) is 17.8. The Kier molecular flexibility index (Phi) is 9.30. The number of amides is 1. The summed E-state index contributed by atoms with van der Waals surface area (Å²) in [5, 5.41) is 2.70. The van der Waals surface area contributed by atoms with Gasteiger partial charge in [-0.05, 0) is 67.7 Å². The fourth-order valence-electron chi connectivity index (χ4n) is 6.04. The van der Waals surface area contributed by atoms with Crippen LogP contribution in [0.5, 0.6) is 0 Å². The van der Waals surface area contributed by atoms with Crippen LogP contribution >= 0.6 is 15.8 Å². The molecule has 0 atom stereocenters. The molecule has 0 unspecified atom stereocenters. The third kappa shape index (κ3) is 6.48. The molecule has 36 heavy (non-hydrogen) atoms. The predicted molar refractivity (Wildman–Crippen MR) is 157 cm³/mol. The van der Waals surface area contributed by atoms with Crippen LogP contribution in [0, 0.1) is 0 Å². The molecule has 0 radical (unpaired) electrons. The summed E-state index contributed by atoms with van der Waals surface area (Å²) < 4.78 is 1.80. The highest BCUT2D eigenvalue weighted by molar-refractivity contribution is 7.73. The largest absolute Gasteiger partial charge is 0.328 e. The Morgan fingerprint density at radius 3 is 1.61 bits per heavy atom. The Bertz CT molecular complexity index is 987. The molecule has 0 aliphatic heterocycles. The van der Waals surface area contributed by atoms with Crippen molar-refractivity contribution < 1.29 is 4.79 Å². The second-order valence-corrected chi connectivity index (χ2v) is 15.3. The van der Waals surface area contributed by atoms with Gasteiger partial charge in [-0.3, -0.25) is 4.57 Å². The van der Waals surface area contributed by atoms with Gasteiger partial charge in [-0.1, -0.05) is 107 Å². The van der Waals surface area contributed by atoms with Gasteiger partial charge < -0.3 is 4.90 Å². The molecule has 1 aromatic heterocycles. The molecule has 0 bridgehead atoms. The highest BCUT2D eigenvalue weighted by atomic mass is 31.1. The van der Waals surface area contributed by atoms with Crippen LogP contribution in [0.25, 0.3) is 0 Å². The van der Waals surface area contributed by atoms with Crippen molar-refractivity contribution in [1.29, 1.82) is 0 Å². The summed E-state index contributed by atoms with van der Waals surface area (Å²) in [6.45, 7) is 0. The van der Waals surface area contributed by atoms with Crippen LogP contribution < -0.4 is 10.6 Å². The first kappa shape index (κ1) is 25.7. The first-order valence-corrected chi connectivity index (χ1v) is 17.0. The van der Waals surface area contributed by atoms with E-state index >= 15 is 0 Å². The second kappa shape index (κ2) is 13.0. The van der Waals surface area contributed by atoms with E-state index in [2.05, 4.69) is 65.6 Å². The number of rotatable bonds is 8. The maximum Gasteiger partial charge on any atom is 0.328 e. The average Bonchev–Trinajstić information content (AvgIpc) is 3.50. The molecule has 190 valence electrons. The van der Waals surface area contributed by atoms with Crippen molar-refractivity contribution in [1.82, 2.24) is 9.47 Å².